The minimum absolute atomic E-state index is 0.0121. The van der Waals surface area contributed by atoms with Crippen molar-refractivity contribution in [3.05, 3.63) is 47.1 Å². The quantitative estimate of drug-likeness (QED) is 0.749. The van der Waals surface area contributed by atoms with Gasteiger partial charge in [0, 0.05) is 39.6 Å². The van der Waals surface area contributed by atoms with Gasteiger partial charge in [0.2, 0.25) is 11.8 Å². The van der Waals surface area contributed by atoms with Crippen molar-refractivity contribution in [3.8, 4) is 0 Å². The van der Waals surface area contributed by atoms with Crippen LogP contribution in [0, 0.1) is 12.8 Å². The van der Waals surface area contributed by atoms with E-state index in [1.54, 1.807) is 12.0 Å². The van der Waals surface area contributed by atoms with Gasteiger partial charge in [-0.2, -0.15) is 4.98 Å². The number of ether oxygens (including phenoxy) is 1. The second kappa shape index (κ2) is 8.77. The molecular weight excluding hydrogens is 348 g/mol. The minimum Gasteiger partial charge on any atom is -0.375 e. The second-order valence-corrected chi connectivity index (χ2v) is 6.74. The number of carbonyl (C=O) groups is 2. The maximum Gasteiger partial charge on any atom is 0.252 e. The topological polar surface area (TPSA) is 97.6 Å². The van der Waals surface area contributed by atoms with Crippen LogP contribution in [0.25, 0.3) is 0 Å². The standard InChI is InChI=1S/C19H24N4O4/c1-13-3-5-14(6-4-13)10-23-11-15(9-18(23)24)19(25)20-8-7-16-21-17(12-26-2)27-22-16/h3-6,15H,7-12H2,1-2H3,(H,20,25). The summed E-state index contributed by atoms with van der Waals surface area (Å²) in [6.45, 7) is 3.67. The number of amides is 2. The first-order valence-corrected chi connectivity index (χ1v) is 8.96. The molecule has 2 heterocycles. The Bertz CT molecular complexity index is 787. The number of hydrogen-bond donors (Lipinski definition) is 1. The molecule has 1 aliphatic heterocycles. The van der Waals surface area contributed by atoms with Crippen LogP contribution in [0.3, 0.4) is 0 Å². The van der Waals surface area contributed by atoms with Gasteiger partial charge in [0.1, 0.15) is 6.61 Å². The third-order valence-electron chi connectivity index (χ3n) is 4.51. The predicted molar refractivity (Wildman–Crippen MR) is 96.4 cm³/mol. The smallest absolute Gasteiger partial charge is 0.252 e. The summed E-state index contributed by atoms with van der Waals surface area (Å²) in [5.74, 6) is 0.503. The van der Waals surface area contributed by atoms with E-state index in [0.29, 0.717) is 37.8 Å². The van der Waals surface area contributed by atoms with Gasteiger partial charge in [0.05, 0.1) is 5.92 Å². The van der Waals surface area contributed by atoms with Crippen LogP contribution < -0.4 is 5.32 Å². The Labute approximate surface area is 157 Å². The largest absolute Gasteiger partial charge is 0.375 e. The molecule has 8 nitrogen and oxygen atoms in total. The lowest BCUT2D eigenvalue weighted by atomic mass is 10.1. The highest BCUT2D eigenvalue weighted by Gasteiger charge is 2.34. The summed E-state index contributed by atoms with van der Waals surface area (Å²) in [5, 5.41) is 6.68. The molecule has 27 heavy (non-hydrogen) atoms. The minimum atomic E-state index is -0.322. The number of methoxy groups -OCH3 is 1. The average molecular weight is 372 g/mol. The van der Waals surface area contributed by atoms with Gasteiger partial charge in [-0.05, 0) is 12.5 Å². The van der Waals surface area contributed by atoms with Crippen LogP contribution in [0.1, 0.15) is 29.3 Å². The van der Waals surface area contributed by atoms with E-state index in [9.17, 15) is 9.59 Å². The molecule has 144 valence electrons. The molecule has 3 rings (SSSR count). The van der Waals surface area contributed by atoms with Crippen molar-refractivity contribution in [2.75, 3.05) is 20.2 Å². The Morgan fingerprint density at radius 1 is 1.37 bits per heavy atom. The third-order valence-corrected chi connectivity index (χ3v) is 4.51. The fourth-order valence-corrected chi connectivity index (χ4v) is 3.03. The first-order valence-electron chi connectivity index (χ1n) is 8.96. The molecule has 1 saturated heterocycles. The molecule has 0 bridgehead atoms. The first-order chi connectivity index (χ1) is 13.0. The average Bonchev–Trinajstić information content (AvgIpc) is 3.24. The van der Waals surface area contributed by atoms with Crippen LogP contribution in [0.4, 0.5) is 0 Å². The van der Waals surface area contributed by atoms with Crippen molar-refractivity contribution in [1.29, 1.82) is 0 Å². The van der Waals surface area contributed by atoms with Gasteiger partial charge in [-0.25, -0.2) is 0 Å². The van der Waals surface area contributed by atoms with E-state index in [0.717, 1.165) is 5.56 Å². The lowest BCUT2D eigenvalue weighted by Crippen LogP contribution is -2.34. The van der Waals surface area contributed by atoms with Crippen LogP contribution in [-0.2, 0) is 33.9 Å². The lowest BCUT2D eigenvalue weighted by molar-refractivity contribution is -0.129. The monoisotopic (exact) mass is 372 g/mol. The molecule has 1 aliphatic rings. The van der Waals surface area contributed by atoms with Crippen molar-refractivity contribution < 1.29 is 18.8 Å². The Balaban J connectivity index is 1.44. The molecule has 1 unspecified atom stereocenters. The van der Waals surface area contributed by atoms with Crippen molar-refractivity contribution >= 4 is 11.8 Å². The molecule has 1 aromatic carbocycles. The number of rotatable bonds is 8. The lowest BCUT2D eigenvalue weighted by Gasteiger charge is -2.16. The Morgan fingerprint density at radius 3 is 2.89 bits per heavy atom. The van der Waals surface area contributed by atoms with Crippen LogP contribution in [0.15, 0.2) is 28.8 Å². The second-order valence-electron chi connectivity index (χ2n) is 6.74. The summed E-state index contributed by atoms with van der Waals surface area (Å²) in [7, 11) is 1.55. The summed E-state index contributed by atoms with van der Waals surface area (Å²) >= 11 is 0. The SMILES string of the molecule is COCc1nc(CCNC(=O)C2CC(=O)N(Cc3ccc(C)cc3)C2)no1. The van der Waals surface area contributed by atoms with E-state index in [2.05, 4.69) is 15.5 Å². The van der Waals surface area contributed by atoms with E-state index in [1.807, 2.05) is 31.2 Å². The van der Waals surface area contributed by atoms with Crippen molar-refractivity contribution in [3.63, 3.8) is 0 Å². The van der Waals surface area contributed by atoms with Gasteiger partial charge in [-0.15, -0.1) is 0 Å². The van der Waals surface area contributed by atoms with E-state index in [1.165, 1.54) is 5.56 Å². The maximum absolute atomic E-state index is 12.4. The summed E-state index contributed by atoms with van der Waals surface area (Å²) < 4.78 is 9.92. The molecule has 0 saturated carbocycles. The normalized spacial score (nSPS) is 16.7. The molecule has 2 amide bonds. The number of carbonyl (C=O) groups excluding carboxylic acids is 2. The molecule has 0 spiro atoms. The van der Waals surface area contributed by atoms with E-state index in [-0.39, 0.29) is 30.8 Å². The number of hydrogen-bond acceptors (Lipinski definition) is 6. The van der Waals surface area contributed by atoms with Crippen LogP contribution >= 0.6 is 0 Å². The number of nitrogens with one attached hydrogen (secondary N) is 1. The summed E-state index contributed by atoms with van der Waals surface area (Å²) in [6, 6.07) is 8.07. The molecular formula is C19H24N4O4. The van der Waals surface area contributed by atoms with Gasteiger partial charge < -0.3 is 19.5 Å². The van der Waals surface area contributed by atoms with Crippen LogP contribution in [0.2, 0.25) is 0 Å². The van der Waals surface area contributed by atoms with Crippen LogP contribution in [0.5, 0.6) is 0 Å². The first kappa shape index (κ1) is 19.0. The van der Waals surface area contributed by atoms with Gasteiger partial charge in [0.15, 0.2) is 5.82 Å². The van der Waals surface area contributed by atoms with Gasteiger partial charge in [-0.1, -0.05) is 35.0 Å². The highest BCUT2D eigenvalue weighted by Crippen LogP contribution is 2.20. The van der Waals surface area contributed by atoms with E-state index >= 15 is 0 Å². The number of benzene rings is 1. The number of aromatic nitrogens is 2. The molecule has 8 heteroatoms. The fraction of sp³-hybridized carbons (Fsp3) is 0.474. The summed E-state index contributed by atoms with van der Waals surface area (Å²) in [5.41, 5.74) is 2.25. The van der Waals surface area contributed by atoms with Crippen molar-refractivity contribution in [2.24, 2.45) is 5.92 Å². The zero-order valence-electron chi connectivity index (χ0n) is 15.6. The molecule has 1 N–H and O–H groups in total. The Morgan fingerprint density at radius 2 is 2.15 bits per heavy atom. The highest BCUT2D eigenvalue weighted by molar-refractivity contribution is 5.89. The number of nitrogens with zero attached hydrogens (tertiary/aromatic N) is 3. The predicted octanol–water partition coefficient (Wildman–Crippen LogP) is 1.23. The number of aryl methyl sites for hydroxylation is 1. The number of likely N-dealkylation sites (tertiary alicyclic amines) is 1. The van der Waals surface area contributed by atoms with Gasteiger partial charge in [-0.3, -0.25) is 9.59 Å². The zero-order chi connectivity index (χ0) is 19.2. The molecule has 1 aromatic heterocycles. The maximum atomic E-state index is 12.4. The van der Waals surface area contributed by atoms with Crippen molar-refractivity contribution in [1.82, 2.24) is 20.4 Å². The molecule has 0 aliphatic carbocycles. The van der Waals surface area contributed by atoms with E-state index < -0.39 is 0 Å². The van der Waals surface area contributed by atoms with Crippen molar-refractivity contribution in [2.45, 2.75) is 32.9 Å². The molecule has 1 atom stereocenters. The highest BCUT2D eigenvalue weighted by atomic mass is 16.5. The van der Waals surface area contributed by atoms with Crippen LogP contribution in [-0.4, -0.2) is 47.1 Å². The third kappa shape index (κ3) is 5.13. The van der Waals surface area contributed by atoms with Gasteiger partial charge >= 0.3 is 0 Å². The Hall–Kier alpha value is -2.74. The molecule has 1 fully saturated rings. The molecule has 2 aromatic rings. The Kier molecular flexibility index (Phi) is 6.18. The summed E-state index contributed by atoms with van der Waals surface area (Å²) in [4.78, 5) is 30.5. The summed E-state index contributed by atoms with van der Waals surface area (Å²) in [6.07, 6.45) is 0.713. The van der Waals surface area contributed by atoms with E-state index in [4.69, 9.17) is 9.26 Å². The fourth-order valence-electron chi connectivity index (χ4n) is 3.03. The molecule has 0 radical (unpaired) electrons. The van der Waals surface area contributed by atoms with Gasteiger partial charge in [0.25, 0.3) is 5.89 Å². The zero-order valence-corrected chi connectivity index (χ0v) is 15.6.